The maximum Gasteiger partial charge on any atom is 0.247 e. The van der Waals surface area contributed by atoms with Gasteiger partial charge in [0, 0.05) is 23.1 Å². The largest absolute Gasteiger partial charge is 0.447 e. The average Bonchev–Trinajstić information content (AvgIpc) is 2.92. The van der Waals surface area contributed by atoms with Gasteiger partial charge in [-0.1, -0.05) is 65.8 Å². The lowest BCUT2D eigenvalue weighted by Crippen LogP contribution is -2.36. The minimum atomic E-state index is -0.740. The van der Waals surface area contributed by atoms with Crippen molar-refractivity contribution in [1.29, 1.82) is 0 Å². The van der Waals surface area contributed by atoms with Gasteiger partial charge in [0.15, 0.2) is 5.69 Å². The first kappa shape index (κ1) is 19.8. The summed E-state index contributed by atoms with van der Waals surface area (Å²) >= 11 is 7.67. The summed E-state index contributed by atoms with van der Waals surface area (Å²) in [7, 11) is 0. The normalized spacial score (nSPS) is 15.1. The number of thioether (sulfide) groups is 1. The number of hydrogen-bond acceptors (Lipinski definition) is 6. The van der Waals surface area contributed by atoms with Crippen LogP contribution < -0.4 is 9.64 Å². The van der Waals surface area contributed by atoms with Crippen LogP contribution in [0.2, 0.25) is 5.02 Å². The third-order valence-corrected chi connectivity index (χ3v) is 5.95. The van der Waals surface area contributed by atoms with E-state index in [-0.39, 0.29) is 5.91 Å². The van der Waals surface area contributed by atoms with E-state index in [0.29, 0.717) is 33.0 Å². The highest BCUT2D eigenvalue weighted by atomic mass is 35.5. The van der Waals surface area contributed by atoms with Gasteiger partial charge in [-0.15, -0.1) is 10.2 Å². The molecule has 0 N–H and O–H groups in total. The van der Waals surface area contributed by atoms with Crippen LogP contribution in [0.1, 0.15) is 18.7 Å². The summed E-state index contributed by atoms with van der Waals surface area (Å²) in [6.07, 6.45) is 1.13. The molecule has 154 valence electrons. The number of amides is 1. The number of carbonyl (C=O) groups is 1. The molecule has 3 aromatic carbocycles. The second kappa shape index (κ2) is 7.83. The van der Waals surface area contributed by atoms with Crippen molar-refractivity contribution < 1.29 is 9.53 Å². The number of carbonyl (C=O) groups excluding carboxylic acids is 1. The predicted octanol–water partition coefficient (Wildman–Crippen LogP) is 5.51. The Balaban J connectivity index is 1.82. The number of hydrogen-bond donors (Lipinski definition) is 0. The van der Waals surface area contributed by atoms with Crippen LogP contribution >= 0.6 is 23.4 Å². The van der Waals surface area contributed by atoms with Gasteiger partial charge in [0.05, 0.1) is 5.69 Å². The molecule has 2 heterocycles. The predicted molar refractivity (Wildman–Crippen MR) is 123 cm³/mol. The van der Waals surface area contributed by atoms with Crippen LogP contribution in [0.15, 0.2) is 65.8 Å². The van der Waals surface area contributed by atoms with Gasteiger partial charge in [-0.05, 0) is 35.2 Å². The van der Waals surface area contributed by atoms with Crippen LogP contribution in [0, 0.1) is 0 Å². The van der Waals surface area contributed by atoms with Gasteiger partial charge in [0.1, 0.15) is 0 Å². The number of anilines is 1. The Morgan fingerprint density at radius 3 is 2.71 bits per heavy atom. The average molecular weight is 449 g/mol. The van der Waals surface area contributed by atoms with Gasteiger partial charge in [-0.2, -0.15) is 4.98 Å². The fourth-order valence-electron chi connectivity index (χ4n) is 3.83. The van der Waals surface area contributed by atoms with Gasteiger partial charge in [0.25, 0.3) is 0 Å². The highest BCUT2D eigenvalue weighted by Gasteiger charge is 2.35. The number of ether oxygens (including phenoxy) is 1. The van der Waals surface area contributed by atoms with Gasteiger partial charge in [-0.25, -0.2) is 0 Å². The van der Waals surface area contributed by atoms with E-state index in [1.807, 2.05) is 48.7 Å². The number of benzene rings is 3. The minimum Gasteiger partial charge on any atom is -0.447 e. The zero-order valence-corrected chi connectivity index (χ0v) is 18.3. The third-order valence-electron chi connectivity index (χ3n) is 5.18. The zero-order valence-electron chi connectivity index (χ0n) is 16.7. The van der Waals surface area contributed by atoms with Crippen LogP contribution in [0.25, 0.3) is 22.0 Å². The summed E-state index contributed by atoms with van der Waals surface area (Å²) in [5.74, 6) is 0.136. The molecule has 0 bridgehead atoms. The molecule has 0 spiro atoms. The molecule has 4 aromatic rings. The number of nitrogens with zero attached hydrogens (tertiary/aromatic N) is 4. The molecule has 8 heteroatoms. The molecule has 5 rings (SSSR count). The Kier molecular flexibility index (Phi) is 5.00. The Morgan fingerprint density at radius 2 is 1.90 bits per heavy atom. The molecule has 1 unspecified atom stereocenters. The Labute approximate surface area is 188 Å². The number of rotatable bonds is 2. The SMILES string of the molecule is CSc1nnc2c(n1)OC(c1cccc3ccccc13)N(C(C)=O)c1ccc(Cl)cc1-2. The first-order chi connectivity index (χ1) is 15.1. The topological polar surface area (TPSA) is 68.2 Å². The first-order valence-electron chi connectivity index (χ1n) is 9.59. The maximum absolute atomic E-state index is 12.9. The van der Waals surface area contributed by atoms with Gasteiger partial charge in [-0.3, -0.25) is 9.69 Å². The molecule has 0 aliphatic carbocycles. The van der Waals surface area contributed by atoms with E-state index >= 15 is 0 Å². The fourth-order valence-corrected chi connectivity index (χ4v) is 4.30. The highest BCUT2D eigenvalue weighted by molar-refractivity contribution is 7.98. The van der Waals surface area contributed by atoms with E-state index in [4.69, 9.17) is 16.3 Å². The second-order valence-corrected chi connectivity index (χ2v) is 8.25. The molecule has 1 amide bonds. The van der Waals surface area contributed by atoms with Crippen LogP contribution in [-0.4, -0.2) is 27.3 Å². The standard InChI is InChI=1S/C23H17ClN4O2S/c1-13(29)28-19-11-10-15(24)12-18(19)20-21(25-23(31-2)27-26-20)30-22(28)17-9-5-7-14-6-3-4-8-16(14)17/h3-12,22H,1-2H3. The minimum absolute atomic E-state index is 0.174. The van der Waals surface area contributed by atoms with Crippen molar-refractivity contribution in [3.63, 3.8) is 0 Å². The van der Waals surface area contributed by atoms with E-state index in [1.54, 1.807) is 23.1 Å². The van der Waals surface area contributed by atoms with E-state index in [0.717, 1.165) is 16.3 Å². The van der Waals surface area contributed by atoms with Gasteiger partial charge in [0.2, 0.25) is 23.2 Å². The summed E-state index contributed by atoms with van der Waals surface area (Å²) < 4.78 is 6.42. The van der Waals surface area contributed by atoms with Crippen molar-refractivity contribution in [3.8, 4) is 17.1 Å². The molecule has 0 radical (unpaired) electrons. The summed E-state index contributed by atoms with van der Waals surface area (Å²) in [6, 6.07) is 19.3. The van der Waals surface area contributed by atoms with Crippen LogP contribution in [0.4, 0.5) is 5.69 Å². The molecule has 0 saturated heterocycles. The maximum atomic E-state index is 12.9. The molecular formula is C23H17ClN4O2S. The highest BCUT2D eigenvalue weighted by Crippen LogP contribution is 2.45. The lowest BCUT2D eigenvalue weighted by molar-refractivity contribution is -0.118. The Hall–Kier alpha value is -3.16. The Bertz CT molecular complexity index is 1320. The van der Waals surface area contributed by atoms with Crippen molar-refractivity contribution >= 4 is 45.7 Å². The van der Waals surface area contributed by atoms with E-state index in [1.165, 1.54) is 18.7 Å². The number of halogens is 1. The van der Waals surface area contributed by atoms with Gasteiger partial charge < -0.3 is 4.74 Å². The molecule has 1 aliphatic heterocycles. The van der Waals surface area contributed by atoms with Crippen molar-refractivity contribution in [2.45, 2.75) is 18.3 Å². The van der Waals surface area contributed by atoms with E-state index < -0.39 is 6.23 Å². The smallest absolute Gasteiger partial charge is 0.247 e. The van der Waals surface area contributed by atoms with Crippen molar-refractivity contribution in [2.75, 3.05) is 11.2 Å². The summed E-state index contributed by atoms with van der Waals surface area (Å²) in [5, 5.41) is 11.6. The van der Waals surface area contributed by atoms with Crippen LogP contribution in [-0.2, 0) is 4.79 Å². The molecule has 0 fully saturated rings. The third kappa shape index (κ3) is 3.40. The summed E-state index contributed by atoms with van der Waals surface area (Å²) in [5.41, 5.74) is 2.59. The zero-order chi connectivity index (χ0) is 21.5. The number of fused-ring (bicyclic) bond motifs is 4. The molecule has 1 aliphatic rings. The molecular weight excluding hydrogens is 432 g/mol. The number of aromatic nitrogens is 3. The van der Waals surface area contributed by atoms with Crippen molar-refractivity contribution in [2.24, 2.45) is 0 Å². The quantitative estimate of drug-likeness (QED) is 0.376. The summed E-state index contributed by atoms with van der Waals surface area (Å²) in [4.78, 5) is 19.1. The van der Waals surface area contributed by atoms with Gasteiger partial charge >= 0.3 is 0 Å². The second-order valence-electron chi connectivity index (χ2n) is 7.04. The van der Waals surface area contributed by atoms with Crippen molar-refractivity contribution in [3.05, 3.63) is 71.2 Å². The monoisotopic (exact) mass is 448 g/mol. The molecule has 1 atom stereocenters. The van der Waals surface area contributed by atoms with Crippen LogP contribution in [0.5, 0.6) is 5.88 Å². The first-order valence-corrected chi connectivity index (χ1v) is 11.2. The van der Waals surface area contributed by atoms with Crippen molar-refractivity contribution in [1.82, 2.24) is 15.2 Å². The van der Waals surface area contributed by atoms with Crippen LogP contribution in [0.3, 0.4) is 0 Å². The van der Waals surface area contributed by atoms with E-state index in [9.17, 15) is 4.79 Å². The lowest BCUT2D eigenvalue weighted by Gasteiger charge is -2.30. The van der Waals surface area contributed by atoms with E-state index in [2.05, 4.69) is 15.2 Å². The lowest BCUT2D eigenvalue weighted by atomic mass is 10.0. The summed E-state index contributed by atoms with van der Waals surface area (Å²) in [6.45, 7) is 1.52. The molecule has 1 aromatic heterocycles. The Morgan fingerprint density at radius 1 is 1.10 bits per heavy atom. The molecule has 0 saturated carbocycles. The molecule has 6 nitrogen and oxygen atoms in total. The fraction of sp³-hybridized carbons (Fsp3) is 0.130. The molecule has 31 heavy (non-hydrogen) atoms.